The zero-order chi connectivity index (χ0) is 9.68. The first-order valence-corrected chi connectivity index (χ1v) is 4.76. The van der Waals surface area contributed by atoms with Crippen LogP contribution in [-0.2, 0) is 13.0 Å². The van der Waals surface area contributed by atoms with Crippen molar-refractivity contribution in [1.29, 1.82) is 0 Å². The first-order chi connectivity index (χ1) is 6.29. The van der Waals surface area contributed by atoms with Crippen molar-refractivity contribution in [2.75, 3.05) is 0 Å². The molecule has 1 nitrogen and oxygen atoms in total. The van der Waals surface area contributed by atoms with Gasteiger partial charge in [-0.1, -0.05) is 31.5 Å². The van der Waals surface area contributed by atoms with Gasteiger partial charge in [-0.15, -0.1) is 0 Å². The molecule has 0 aromatic heterocycles. The Labute approximate surface area is 78.8 Å². The van der Waals surface area contributed by atoms with Gasteiger partial charge in [0, 0.05) is 12.1 Å². The van der Waals surface area contributed by atoms with Gasteiger partial charge in [0.2, 0.25) is 0 Å². The van der Waals surface area contributed by atoms with E-state index < -0.39 is 0 Å². The highest BCUT2D eigenvalue weighted by Crippen LogP contribution is 2.14. The van der Waals surface area contributed by atoms with Crippen LogP contribution in [0.15, 0.2) is 18.2 Å². The second-order valence-corrected chi connectivity index (χ2v) is 3.20. The highest BCUT2D eigenvalue weighted by molar-refractivity contribution is 5.25. The van der Waals surface area contributed by atoms with Crippen LogP contribution >= 0.6 is 0 Å². The highest BCUT2D eigenvalue weighted by Gasteiger charge is 2.05. The highest BCUT2D eigenvalue weighted by atomic mass is 19.1. The predicted octanol–water partition coefficient (Wildman–Crippen LogP) is 2.63. The molecule has 0 saturated heterocycles. The summed E-state index contributed by atoms with van der Waals surface area (Å²) in [5.41, 5.74) is 6.82. The minimum atomic E-state index is -0.113. The molecule has 0 atom stereocenters. The third kappa shape index (κ3) is 2.52. The molecule has 0 unspecified atom stereocenters. The fourth-order valence-electron chi connectivity index (χ4n) is 1.35. The Morgan fingerprint density at radius 3 is 2.62 bits per heavy atom. The quantitative estimate of drug-likeness (QED) is 0.759. The number of aryl methyl sites for hydroxylation is 1. The molecule has 0 saturated carbocycles. The van der Waals surface area contributed by atoms with E-state index in [9.17, 15) is 4.39 Å². The maximum absolute atomic E-state index is 13.5. The van der Waals surface area contributed by atoms with E-state index in [1.807, 2.05) is 12.1 Å². The van der Waals surface area contributed by atoms with Gasteiger partial charge in [-0.3, -0.25) is 0 Å². The van der Waals surface area contributed by atoms with Gasteiger partial charge in [0.1, 0.15) is 5.82 Å². The summed E-state index contributed by atoms with van der Waals surface area (Å²) < 4.78 is 13.5. The fourth-order valence-corrected chi connectivity index (χ4v) is 1.35. The Balaban J connectivity index is 2.81. The number of rotatable bonds is 4. The van der Waals surface area contributed by atoms with E-state index in [0.717, 1.165) is 24.8 Å². The van der Waals surface area contributed by atoms with Crippen LogP contribution in [0.4, 0.5) is 4.39 Å². The molecule has 2 N–H and O–H groups in total. The van der Waals surface area contributed by atoms with Crippen LogP contribution in [0, 0.1) is 5.82 Å². The number of benzene rings is 1. The van der Waals surface area contributed by atoms with E-state index in [2.05, 4.69) is 6.92 Å². The van der Waals surface area contributed by atoms with Crippen molar-refractivity contribution in [2.45, 2.75) is 32.7 Å². The van der Waals surface area contributed by atoms with Crippen molar-refractivity contribution < 1.29 is 4.39 Å². The smallest absolute Gasteiger partial charge is 0.130 e. The Morgan fingerprint density at radius 1 is 1.31 bits per heavy atom. The number of halogens is 1. The van der Waals surface area contributed by atoms with Crippen molar-refractivity contribution in [3.05, 3.63) is 35.1 Å². The van der Waals surface area contributed by atoms with E-state index >= 15 is 0 Å². The van der Waals surface area contributed by atoms with Crippen molar-refractivity contribution in [1.82, 2.24) is 0 Å². The minimum absolute atomic E-state index is 0.113. The molecule has 0 aliphatic carbocycles. The Bertz CT molecular complexity index is 271. The number of unbranched alkanes of at least 4 members (excludes halogenated alkanes) is 1. The molecule has 1 aromatic rings. The zero-order valence-electron chi connectivity index (χ0n) is 8.02. The summed E-state index contributed by atoms with van der Waals surface area (Å²) in [6.45, 7) is 2.39. The van der Waals surface area contributed by atoms with Crippen LogP contribution in [0.5, 0.6) is 0 Å². The van der Waals surface area contributed by atoms with Crippen molar-refractivity contribution in [3.8, 4) is 0 Å². The lowest BCUT2D eigenvalue weighted by molar-refractivity contribution is 0.587. The molecule has 0 radical (unpaired) electrons. The summed E-state index contributed by atoms with van der Waals surface area (Å²) in [6.07, 6.45) is 2.94. The molecule has 0 spiro atoms. The first-order valence-electron chi connectivity index (χ1n) is 4.76. The largest absolute Gasteiger partial charge is 0.326 e. The molecule has 13 heavy (non-hydrogen) atoms. The maximum Gasteiger partial charge on any atom is 0.130 e. The van der Waals surface area contributed by atoms with Crippen LogP contribution in [0.3, 0.4) is 0 Å². The fraction of sp³-hybridized carbons (Fsp3) is 0.455. The van der Waals surface area contributed by atoms with Crippen molar-refractivity contribution in [2.24, 2.45) is 5.73 Å². The van der Waals surface area contributed by atoms with Gasteiger partial charge in [-0.25, -0.2) is 4.39 Å². The number of nitrogens with two attached hydrogens (primary N) is 1. The van der Waals surface area contributed by atoms with Crippen molar-refractivity contribution in [3.63, 3.8) is 0 Å². The molecule has 0 bridgehead atoms. The van der Waals surface area contributed by atoms with Gasteiger partial charge in [0.05, 0.1) is 0 Å². The maximum atomic E-state index is 13.5. The lowest BCUT2D eigenvalue weighted by atomic mass is 10.0. The van der Waals surface area contributed by atoms with E-state index in [0.29, 0.717) is 5.56 Å². The summed E-state index contributed by atoms with van der Waals surface area (Å²) in [6, 6.07) is 5.45. The normalized spacial score (nSPS) is 10.4. The molecule has 0 heterocycles. The van der Waals surface area contributed by atoms with Gasteiger partial charge >= 0.3 is 0 Å². The standard InChI is InChI=1S/C11H16FN/c1-2-3-5-9-6-4-7-10(8-13)11(9)12/h4,6-7H,2-3,5,8,13H2,1H3. The van der Waals surface area contributed by atoms with E-state index in [-0.39, 0.29) is 12.4 Å². The zero-order valence-corrected chi connectivity index (χ0v) is 8.02. The van der Waals surface area contributed by atoms with E-state index in [4.69, 9.17) is 5.73 Å². The molecular weight excluding hydrogens is 165 g/mol. The lowest BCUT2D eigenvalue weighted by Gasteiger charge is -2.05. The number of hydrogen-bond acceptors (Lipinski definition) is 1. The summed E-state index contributed by atoms with van der Waals surface area (Å²) in [4.78, 5) is 0. The molecule has 1 rings (SSSR count). The molecule has 0 fully saturated rings. The third-order valence-corrected chi connectivity index (χ3v) is 2.18. The number of hydrogen-bond donors (Lipinski definition) is 1. The summed E-state index contributed by atoms with van der Waals surface area (Å²) >= 11 is 0. The average molecular weight is 181 g/mol. The van der Waals surface area contributed by atoms with E-state index in [1.54, 1.807) is 6.07 Å². The first kappa shape index (κ1) is 10.2. The van der Waals surface area contributed by atoms with E-state index in [1.165, 1.54) is 0 Å². The average Bonchev–Trinajstić information content (AvgIpc) is 2.16. The van der Waals surface area contributed by atoms with Crippen LogP contribution in [0.25, 0.3) is 0 Å². The van der Waals surface area contributed by atoms with Gasteiger partial charge in [0.15, 0.2) is 0 Å². The molecule has 0 amide bonds. The van der Waals surface area contributed by atoms with Gasteiger partial charge in [-0.2, -0.15) is 0 Å². The second-order valence-electron chi connectivity index (χ2n) is 3.20. The second kappa shape index (κ2) is 4.97. The topological polar surface area (TPSA) is 26.0 Å². The summed E-state index contributed by atoms with van der Waals surface area (Å²) in [5.74, 6) is -0.113. The van der Waals surface area contributed by atoms with Crippen LogP contribution in [0.2, 0.25) is 0 Å². The SMILES string of the molecule is CCCCc1cccc(CN)c1F. The molecule has 0 aliphatic rings. The molecule has 2 heteroatoms. The van der Waals surface area contributed by atoms with Gasteiger partial charge in [-0.05, 0) is 18.4 Å². The monoisotopic (exact) mass is 181 g/mol. The van der Waals surface area contributed by atoms with Crippen LogP contribution < -0.4 is 5.73 Å². The Kier molecular flexibility index (Phi) is 3.90. The molecule has 0 aliphatic heterocycles. The van der Waals surface area contributed by atoms with Gasteiger partial charge < -0.3 is 5.73 Å². The summed E-state index contributed by atoms with van der Waals surface area (Å²) in [5, 5.41) is 0. The third-order valence-electron chi connectivity index (χ3n) is 2.18. The molecule has 1 aromatic carbocycles. The predicted molar refractivity (Wildman–Crippen MR) is 52.9 cm³/mol. The molecule has 72 valence electrons. The van der Waals surface area contributed by atoms with Crippen LogP contribution in [0.1, 0.15) is 30.9 Å². The van der Waals surface area contributed by atoms with Crippen molar-refractivity contribution >= 4 is 0 Å². The van der Waals surface area contributed by atoms with Crippen LogP contribution in [-0.4, -0.2) is 0 Å². The molecular formula is C11H16FN. The lowest BCUT2D eigenvalue weighted by Crippen LogP contribution is -2.02. The summed E-state index contributed by atoms with van der Waals surface area (Å²) in [7, 11) is 0. The Hall–Kier alpha value is -0.890. The van der Waals surface area contributed by atoms with Gasteiger partial charge in [0.25, 0.3) is 0 Å². The Morgan fingerprint density at radius 2 is 2.00 bits per heavy atom. The minimum Gasteiger partial charge on any atom is -0.326 e.